The Balaban J connectivity index is 1.87. The Labute approximate surface area is 77.3 Å². The highest BCUT2D eigenvalue weighted by atomic mass is 15.2. The fourth-order valence-corrected chi connectivity index (χ4v) is 1.65. The molecule has 0 aliphatic carbocycles. The maximum atomic E-state index is 4.11. The van der Waals surface area contributed by atoms with Crippen molar-refractivity contribution in [3.05, 3.63) is 12.2 Å². The predicted octanol–water partition coefficient (Wildman–Crippen LogP) is -0.183. The Morgan fingerprint density at radius 1 is 1.69 bits per heavy atom. The van der Waals surface area contributed by atoms with E-state index in [4.69, 9.17) is 0 Å². The number of H-pyrrole nitrogens is 1. The van der Waals surface area contributed by atoms with Crippen LogP contribution in [0.4, 0.5) is 0 Å². The largest absolute Gasteiger partial charge is 0.315 e. The average molecular weight is 181 g/mol. The number of nitrogens with zero attached hydrogens (tertiary/aromatic N) is 2. The zero-order valence-corrected chi connectivity index (χ0v) is 7.75. The van der Waals surface area contributed by atoms with Gasteiger partial charge in [-0.1, -0.05) is 0 Å². The first-order chi connectivity index (χ1) is 6.36. The summed E-state index contributed by atoms with van der Waals surface area (Å²) in [5.41, 5.74) is 0. The average Bonchev–Trinajstić information content (AvgIpc) is 2.74. The minimum Gasteiger partial charge on any atom is -0.315 e. The standard InChI is InChI=1S/C8H15N5/c1-6(8-10-5-11-13-8)12-7-2-3-9-4-7/h5-7,9,12H,2-4H2,1H3,(H,10,11,13). The van der Waals surface area contributed by atoms with Gasteiger partial charge in [0.2, 0.25) is 0 Å². The molecule has 2 atom stereocenters. The fourth-order valence-electron chi connectivity index (χ4n) is 1.65. The summed E-state index contributed by atoms with van der Waals surface area (Å²) < 4.78 is 0. The molecule has 0 bridgehead atoms. The molecule has 1 aliphatic rings. The molecule has 1 saturated heterocycles. The molecule has 1 aromatic heterocycles. The third-order valence-corrected chi connectivity index (χ3v) is 2.39. The Hall–Kier alpha value is -0.940. The first-order valence-corrected chi connectivity index (χ1v) is 4.68. The summed E-state index contributed by atoms with van der Waals surface area (Å²) in [6.07, 6.45) is 2.74. The van der Waals surface area contributed by atoms with Gasteiger partial charge in [-0.2, -0.15) is 5.10 Å². The molecule has 2 unspecified atom stereocenters. The third-order valence-electron chi connectivity index (χ3n) is 2.39. The molecule has 2 heterocycles. The van der Waals surface area contributed by atoms with Gasteiger partial charge in [0.25, 0.3) is 0 Å². The van der Waals surface area contributed by atoms with Crippen molar-refractivity contribution < 1.29 is 0 Å². The van der Waals surface area contributed by atoms with Crippen molar-refractivity contribution in [1.82, 2.24) is 25.8 Å². The van der Waals surface area contributed by atoms with Crippen LogP contribution in [0, 0.1) is 0 Å². The van der Waals surface area contributed by atoms with E-state index in [-0.39, 0.29) is 6.04 Å². The van der Waals surface area contributed by atoms with E-state index in [0.717, 1.165) is 18.9 Å². The smallest absolute Gasteiger partial charge is 0.141 e. The van der Waals surface area contributed by atoms with Crippen molar-refractivity contribution in [3.8, 4) is 0 Å². The minimum absolute atomic E-state index is 0.257. The van der Waals surface area contributed by atoms with E-state index < -0.39 is 0 Å². The molecule has 0 saturated carbocycles. The van der Waals surface area contributed by atoms with Crippen LogP contribution >= 0.6 is 0 Å². The van der Waals surface area contributed by atoms with Gasteiger partial charge < -0.3 is 10.6 Å². The lowest BCUT2D eigenvalue weighted by Gasteiger charge is -2.16. The van der Waals surface area contributed by atoms with E-state index in [1.165, 1.54) is 6.42 Å². The van der Waals surface area contributed by atoms with Crippen LogP contribution in [-0.2, 0) is 0 Å². The zero-order valence-electron chi connectivity index (χ0n) is 7.75. The van der Waals surface area contributed by atoms with E-state index in [2.05, 4.69) is 32.7 Å². The Kier molecular flexibility index (Phi) is 2.56. The summed E-state index contributed by atoms with van der Waals surface area (Å²) in [6, 6.07) is 0.826. The highest BCUT2D eigenvalue weighted by molar-refractivity contribution is 4.91. The number of aromatic amines is 1. The van der Waals surface area contributed by atoms with Crippen LogP contribution in [0.3, 0.4) is 0 Å². The second kappa shape index (κ2) is 3.85. The molecule has 13 heavy (non-hydrogen) atoms. The molecule has 5 nitrogen and oxygen atoms in total. The first-order valence-electron chi connectivity index (χ1n) is 4.68. The van der Waals surface area contributed by atoms with Gasteiger partial charge in [-0.15, -0.1) is 0 Å². The number of rotatable bonds is 3. The lowest BCUT2D eigenvalue weighted by atomic mass is 10.2. The molecule has 1 fully saturated rings. The quantitative estimate of drug-likeness (QED) is 0.605. The molecule has 2 rings (SSSR count). The fraction of sp³-hybridized carbons (Fsp3) is 0.750. The molecule has 0 radical (unpaired) electrons. The molecule has 0 spiro atoms. The molecule has 1 aromatic rings. The number of hydrogen-bond donors (Lipinski definition) is 3. The van der Waals surface area contributed by atoms with Crippen molar-refractivity contribution in [3.63, 3.8) is 0 Å². The molecule has 5 heteroatoms. The van der Waals surface area contributed by atoms with E-state index in [1.54, 1.807) is 6.33 Å². The summed E-state index contributed by atoms with van der Waals surface area (Å²) in [5, 5.41) is 13.5. The van der Waals surface area contributed by atoms with E-state index in [9.17, 15) is 0 Å². The van der Waals surface area contributed by atoms with Gasteiger partial charge >= 0.3 is 0 Å². The number of nitrogens with one attached hydrogen (secondary N) is 3. The van der Waals surface area contributed by atoms with Crippen molar-refractivity contribution >= 4 is 0 Å². The third kappa shape index (κ3) is 2.05. The second-order valence-corrected chi connectivity index (χ2v) is 3.45. The van der Waals surface area contributed by atoms with Gasteiger partial charge in [0, 0.05) is 12.6 Å². The topological polar surface area (TPSA) is 65.6 Å². The maximum Gasteiger partial charge on any atom is 0.141 e. The van der Waals surface area contributed by atoms with Crippen LogP contribution in [-0.4, -0.2) is 34.3 Å². The van der Waals surface area contributed by atoms with Crippen molar-refractivity contribution in [2.24, 2.45) is 0 Å². The highest BCUT2D eigenvalue weighted by Crippen LogP contribution is 2.08. The molecule has 0 amide bonds. The summed E-state index contributed by atoms with van der Waals surface area (Å²) in [6.45, 7) is 4.26. The number of aromatic nitrogens is 3. The van der Waals surface area contributed by atoms with E-state index >= 15 is 0 Å². The van der Waals surface area contributed by atoms with Gasteiger partial charge in [-0.25, -0.2) is 4.98 Å². The summed E-state index contributed by atoms with van der Waals surface area (Å²) >= 11 is 0. The van der Waals surface area contributed by atoms with Gasteiger partial charge in [0.05, 0.1) is 6.04 Å². The second-order valence-electron chi connectivity index (χ2n) is 3.45. The van der Waals surface area contributed by atoms with Gasteiger partial charge in [0.15, 0.2) is 0 Å². The normalized spacial score (nSPS) is 24.8. The first kappa shape index (κ1) is 8.65. The van der Waals surface area contributed by atoms with E-state index in [0.29, 0.717) is 6.04 Å². The molecule has 3 N–H and O–H groups in total. The Morgan fingerprint density at radius 2 is 2.62 bits per heavy atom. The zero-order chi connectivity index (χ0) is 9.10. The van der Waals surface area contributed by atoms with Crippen LogP contribution in [0.25, 0.3) is 0 Å². The Bertz CT molecular complexity index is 239. The summed E-state index contributed by atoms with van der Waals surface area (Å²) in [4.78, 5) is 4.11. The van der Waals surface area contributed by atoms with E-state index in [1.807, 2.05) is 0 Å². The summed E-state index contributed by atoms with van der Waals surface area (Å²) in [5.74, 6) is 0.909. The summed E-state index contributed by atoms with van der Waals surface area (Å²) in [7, 11) is 0. The van der Waals surface area contributed by atoms with Crippen molar-refractivity contribution in [1.29, 1.82) is 0 Å². The van der Waals surface area contributed by atoms with Gasteiger partial charge in [-0.3, -0.25) is 5.10 Å². The van der Waals surface area contributed by atoms with Gasteiger partial charge in [0.1, 0.15) is 12.2 Å². The Morgan fingerprint density at radius 3 is 3.23 bits per heavy atom. The van der Waals surface area contributed by atoms with Crippen LogP contribution in [0.2, 0.25) is 0 Å². The minimum atomic E-state index is 0.257. The van der Waals surface area contributed by atoms with Crippen LogP contribution in [0.15, 0.2) is 6.33 Å². The van der Waals surface area contributed by atoms with Crippen LogP contribution in [0.5, 0.6) is 0 Å². The highest BCUT2D eigenvalue weighted by Gasteiger charge is 2.18. The van der Waals surface area contributed by atoms with Crippen LogP contribution < -0.4 is 10.6 Å². The molecular formula is C8H15N5. The molecule has 1 aliphatic heterocycles. The number of hydrogen-bond acceptors (Lipinski definition) is 4. The predicted molar refractivity (Wildman–Crippen MR) is 49.2 cm³/mol. The lowest BCUT2D eigenvalue weighted by Crippen LogP contribution is -2.33. The molecule has 0 aromatic carbocycles. The molecule has 72 valence electrons. The lowest BCUT2D eigenvalue weighted by molar-refractivity contribution is 0.463. The molecular weight excluding hydrogens is 166 g/mol. The SMILES string of the molecule is CC(NC1CCNC1)c1ncn[nH]1. The monoisotopic (exact) mass is 181 g/mol. The van der Waals surface area contributed by atoms with Gasteiger partial charge in [-0.05, 0) is 19.9 Å². The van der Waals surface area contributed by atoms with Crippen LogP contribution in [0.1, 0.15) is 25.2 Å². The van der Waals surface area contributed by atoms with Crippen molar-refractivity contribution in [2.45, 2.75) is 25.4 Å². The maximum absolute atomic E-state index is 4.11. The van der Waals surface area contributed by atoms with Crippen molar-refractivity contribution in [2.75, 3.05) is 13.1 Å².